The topological polar surface area (TPSA) is 101 Å². The maximum atomic E-state index is 11.2. The van der Waals surface area contributed by atoms with Crippen molar-refractivity contribution in [2.75, 3.05) is 19.0 Å². The second-order valence-electron chi connectivity index (χ2n) is 4.62. The van der Waals surface area contributed by atoms with Gasteiger partial charge < -0.3 is 15.2 Å². The van der Waals surface area contributed by atoms with Crippen LogP contribution in [-0.4, -0.2) is 40.7 Å². The van der Waals surface area contributed by atoms with Gasteiger partial charge in [-0.25, -0.2) is 14.8 Å². The van der Waals surface area contributed by atoms with Gasteiger partial charge in [0.1, 0.15) is 5.82 Å². The molecule has 0 amide bonds. The quantitative estimate of drug-likeness (QED) is 0.746. The Bertz CT molecular complexity index is 474. The van der Waals surface area contributed by atoms with Crippen molar-refractivity contribution in [1.82, 2.24) is 9.97 Å². The Morgan fingerprint density at radius 1 is 1.47 bits per heavy atom. The smallest absolute Gasteiger partial charge is 0.376 e. The summed E-state index contributed by atoms with van der Waals surface area (Å²) in [5, 5.41) is 11.9. The number of methoxy groups -OCH3 is 1. The zero-order chi connectivity index (χ0) is 14.5. The molecule has 1 aromatic rings. The van der Waals surface area contributed by atoms with Gasteiger partial charge in [-0.15, -0.1) is 0 Å². The number of anilines is 1. The van der Waals surface area contributed by atoms with Crippen LogP contribution in [0.1, 0.15) is 30.9 Å². The van der Waals surface area contributed by atoms with E-state index < -0.39 is 17.4 Å². The summed E-state index contributed by atoms with van der Waals surface area (Å²) < 4.78 is 4.51. The first kappa shape index (κ1) is 14.9. The summed E-state index contributed by atoms with van der Waals surface area (Å²) in [6.07, 6.45) is 1.86. The maximum absolute atomic E-state index is 11.2. The Morgan fingerprint density at radius 2 is 2.16 bits per heavy atom. The minimum absolute atomic E-state index is 0.0370. The van der Waals surface area contributed by atoms with Crippen LogP contribution in [-0.2, 0) is 9.53 Å². The molecule has 19 heavy (non-hydrogen) atoms. The lowest BCUT2D eigenvalue weighted by atomic mass is 9.90. The van der Waals surface area contributed by atoms with Crippen LogP contribution >= 0.6 is 0 Å². The fourth-order valence-electron chi connectivity index (χ4n) is 1.26. The summed E-state index contributed by atoms with van der Waals surface area (Å²) in [6.45, 7) is 3.73. The number of carboxylic acids is 1. The van der Waals surface area contributed by atoms with E-state index in [9.17, 15) is 9.59 Å². The van der Waals surface area contributed by atoms with Crippen molar-refractivity contribution < 1.29 is 19.4 Å². The lowest BCUT2D eigenvalue weighted by Crippen LogP contribution is -2.26. The van der Waals surface area contributed by atoms with E-state index in [4.69, 9.17) is 5.11 Å². The molecule has 0 saturated carbocycles. The molecular weight excluding hydrogens is 250 g/mol. The maximum Gasteiger partial charge on any atom is 0.376 e. The van der Waals surface area contributed by atoms with Crippen LogP contribution in [0.4, 0.5) is 5.82 Å². The third-order valence-corrected chi connectivity index (χ3v) is 2.66. The summed E-state index contributed by atoms with van der Waals surface area (Å²) in [7, 11) is 1.25. The number of esters is 1. The van der Waals surface area contributed by atoms with Crippen molar-refractivity contribution in [3.8, 4) is 0 Å². The van der Waals surface area contributed by atoms with Gasteiger partial charge in [0.15, 0.2) is 0 Å². The van der Waals surface area contributed by atoms with Crippen molar-refractivity contribution in [3.05, 3.63) is 18.1 Å². The van der Waals surface area contributed by atoms with E-state index in [0.29, 0.717) is 18.8 Å². The van der Waals surface area contributed by atoms with Gasteiger partial charge in [0.25, 0.3) is 0 Å². The highest BCUT2D eigenvalue weighted by Gasteiger charge is 2.26. The molecular formula is C12H17N3O4. The van der Waals surface area contributed by atoms with Crippen molar-refractivity contribution in [2.24, 2.45) is 5.41 Å². The second kappa shape index (κ2) is 6.12. The van der Waals surface area contributed by atoms with Gasteiger partial charge in [-0.2, -0.15) is 0 Å². The van der Waals surface area contributed by atoms with E-state index >= 15 is 0 Å². The van der Waals surface area contributed by atoms with Gasteiger partial charge in [0, 0.05) is 12.7 Å². The molecule has 1 aromatic heterocycles. The van der Waals surface area contributed by atoms with Crippen molar-refractivity contribution in [2.45, 2.75) is 20.3 Å². The van der Waals surface area contributed by atoms with Crippen LogP contribution in [0.15, 0.2) is 12.3 Å². The molecule has 0 aromatic carbocycles. The number of aromatic nitrogens is 2. The molecule has 0 saturated heterocycles. The fraction of sp³-hybridized carbons (Fsp3) is 0.500. The predicted molar refractivity (Wildman–Crippen MR) is 67.9 cm³/mol. The predicted octanol–water partition coefficient (Wildman–Crippen LogP) is 1.18. The SMILES string of the molecule is COC(=O)c1nccc(NCCC(C)(C)C(=O)O)n1. The Balaban J connectivity index is 2.59. The molecule has 0 aliphatic rings. The van der Waals surface area contributed by atoms with E-state index in [2.05, 4.69) is 20.0 Å². The van der Waals surface area contributed by atoms with Gasteiger partial charge in [0.05, 0.1) is 12.5 Å². The van der Waals surface area contributed by atoms with Crippen molar-refractivity contribution >= 4 is 17.8 Å². The van der Waals surface area contributed by atoms with Gasteiger partial charge in [-0.1, -0.05) is 0 Å². The number of hydrogen-bond donors (Lipinski definition) is 2. The molecule has 7 nitrogen and oxygen atoms in total. The molecule has 0 spiro atoms. The van der Waals surface area contributed by atoms with Crippen LogP contribution in [0.5, 0.6) is 0 Å². The van der Waals surface area contributed by atoms with Gasteiger partial charge in [-0.3, -0.25) is 4.79 Å². The Kier molecular flexibility index (Phi) is 4.80. The molecule has 0 aliphatic carbocycles. The lowest BCUT2D eigenvalue weighted by molar-refractivity contribution is -0.147. The fourth-order valence-corrected chi connectivity index (χ4v) is 1.26. The normalized spacial score (nSPS) is 10.9. The van der Waals surface area contributed by atoms with Crippen LogP contribution in [0.25, 0.3) is 0 Å². The van der Waals surface area contributed by atoms with Gasteiger partial charge in [0.2, 0.25) is 5.82 Å². The summed E-state index contributed by atoms with van der Waals surface area (Å²) in [4.78, 5) is 29.9. The average molecular weight is 267 g/mol. The zero-order valence-electron chi connectivity index (χ0n) is 11.1. The first-order valence-corrected chi connectivity index (χ1v) is 5.75. The molecule has 0 radical (unpaired) electrons. The molecule has 1 rings (SSSR count). The van der Waals surface area contributed by atoms with Gasteiger partial charge >= 0.3 is 11.9 Å². The summed E-state index contributed by atoms with van der Waals surface area (Å²) in [6, 6.07) is 1.60. The third-order valence-electron chi connectivity index (χ3n) is 2.66. The number of carbonyl (C=O) groups excluding carboxylic acids is 1. The average Bonchev–Trinajstić information content (AvgIpc) is 2.37. The Morgan fingerprint density at radius 3 is 2.74 bits per heavy atom. The first-order chi connectivity index (χ1) is 8.86. The van der Waals surface area contributed by atoms with Crippen LogP contribution in [0.2, 0.25) is 0 Å². The van der Waals surface area contributed by atoms with Crippen LogP contribution in [0.3, 0.4) is 0 Å². The highest BCUT2D eigenvalue weighted by Crippen LogP contribution is 2.20. The third kappa shape index (κ3) is 4.20. The second-order valence-corrected chi connectivity index (χ2v) is 4.62. The molecule has 1 heterocycles. The number of ether oxygens (including phenoxy) is 1. The largest absolute Gasteiger partial charge is 0.481 e. The Labute approximate surface area is 111 Å². The number of nitrogens with one attached hydrogen (secondary N) is 1. The summed E-state index contributed by atoms with van der Waals surface area (Å²) >= 11 is 0. The number of aliphatic carboxylic acids is 1. The monoisotopic (exact) mass is 267 g/mol. The number of hydrogen-bond acceptors (Lipinski definition) is 6. The van der Waals surface area contributed by atoms with Crippen molar-refractivity contribution in [1.29, 1.82) is 0 Å². The summed E-state index contributed by atoms with van der Waals surface area (Å²) in [5.41, 5.74) is -0.814. The number of carbonyl (C=O) groups is 2. The van der Waals surface area contributed by atoms with E-state index in [0.717, 1.165) is 0 Å². The number of nitrogens with zero attached hydrogens (tertiary/aromatic N) is 2. The molecule has 104 valence electrons. The number of rotatable bonds is 6. The van der Waals surface area contributed by atoms with E-state index in [1.54, 1.807) is 19.9 Å². The standard InChI is InChI=1S/C12H17N3O4/c1-12(2,11(17)18)5-7-13-8-4-6-14-9(15-8)10(16)19-3/h4,6H,5,7H2,1-3H3,(H,17,18)(H,13,14,15). The number of carboxylic acid groups (broad SMARTS) is 1. The Hall–Kier alpha value is -2.18. The molecule has 0 atom stereocenters. The molecule has 0 unspecified atom stereocenters. The van der Waals surface area contributed by atoms with Gasteiger partial charge in [-0.05, 0) is 26.3 Å². The highest BCUT2D eigenvalue weighted by molar-refractivity contribution is 5.85. The van der Waals surface area contributed by atoms with E-state index in [1.807, 2.05) is 0 Å². The zero-order valence-corrected chi connectivity index (χ0v) is 11.1. The molecule has 7 heteroatoms. The minimum Gasteiger partial charge on any atom is -0.481 e. The molecule has 0 aliphatic heterocycles. The summed E-state index contributed by atoms with van der Waals surface area (Å²) in [5.74, 6) is -1.05. The lowest BCUT2D eigenvalue weighted by Gasteiger charge is -2.19. The van der Waals surface area contributed by atoms with E-state index in [1.165, 1.54) is 13.3 Å². The highest BCUT2D eigenvalue weighted by atomic mass is 16.5. The minimum atomic E-state index is -0.854. The van der Waals surface area contributed by atoms with Crippen LogP contribution < -0.4 is 5.32 Å². The molecule has 0 bridgehead atoms. The molecule has 0 fully saturated rings. The molecule has 2 N–H and O–H groups in total. The first-order valence-electron chi connectivity index (χ1n) is 5.75. The van der Waals surface area contributed by atoms with E-state index in [-0.39, 0.29) is 5.82 Å². The van der Waals surface area contributed by atoms with Crippen molar-refractivity contribution in [3.63, 3.8) is 0 Å². The van der Waals surface area contributed by atoms with Crippen LogP contribution in [0, 0.1) is 5.41 Å².